The molecule has 0 aromatic carbocycles. The first kappa shape index (κ1) is 100. The van der Waals surface area contributed by atoms with E-state index < -0.39 is 97.5 Å². The second-order valence-corrected chi connectivity index (χ2v) is 34.2. The Balaban J connectivity index is 5.25. The molecule has 0 aliphatic heterocycles. The van der Waals surface area contributed by atoms with E-state index in [1.165, 1.54) is 244 Å². The number of phosphoric acid groups is 2. The summed E-state index contributed by atoms with van der Waals surface area (Å²) < 4.78 is 68.8. The van der Waals surface area contributed by atoms with Gasteiger partial charge in [-0.15, -0.1) is 0 Å². The number of hydrogen-bond donors (Lipinski definition) is 3. The number of carbonyl (C=O) groups is 4. The highest BCUT2D eigenvalue weighted by atomic mass is 31.2. The largest absolute Gasteiger partial charge is 0.472 e. The van der Waals surface area contributed by atoms with Gasteiger partial charge in [0.15, 0.2) is 12.2 Å². The van der Waals surface area contributed by atoms with Crippen LogP contribution in [0, 0.1) is 17.8 Å². The molecule has 17 nitrogen and oxygen atoms in total. The van der Waals surface area contributed by atoms with E-state index in [4.69, 9.17) is 37.0 Å². The zero-order valence-corrected chi connectivity index (χ0v) is 68.9. The van der Waals surface area contributed by atoms with E-state index in [0.29, 0.717) is 25.7 Å². The molecule has 0 aliphatic carbocycles. The third kappa shape index (κ3) is 76.3. The molecule has 0 saturated heterocycles. The second-order valence-electron chi connectivity index (χ2n) is 31.3. The number of phosphoric ester groups is 2. The average Bonchev–Trinajstić information content (AvgIpc) is 0.909. The Bertz CT molecular complexity index is 1970. The van der Waals surface area contributed by atoms with E-state index in [-0.39, 0.29) is 25.7 Å². The lowest BCUT2D eigenvalue weighted by atomic mass is 10.0. The van der Waals surface area contributed by atoms with E-state index in [0.717, 1.165) is 108 Å². The van der Waals surface area contributed by atoms with Crippen LogP contribution in [-0.2, 0) is 65.4 Å². The van der Waals surface area contributed by atoms with Crippen molar-refractivity contribution in [1.29, 1.82) is 0 Å². The Morgan fingerprint density at radius 2 is 0.451 bits per heavy atom. The molecule has 102 heavy (non-hydrogen) atoms. The van der Waals surface area contributed by atoms with Crippen molar-refractivity contribution in [3.63, 3.8) is 0 Å². The van der Waals surface area contributed by atoms with Crippen molar-refractivity contribution in [3.05, 3.63) is 0 Å². The van der Waals surface area contributed by atoms with E-state index in [9.17, 15) is 43.2 Å². The molecule has 0 spiro atoms. The Morgan fingerprint density at radius 3 is 0.667 bits per heavy atom. The van der Waals surface area contributed by atoms with Crippen LogP contribution < -0.4 is 0 Å². The van der Waals surface area contributed by atoms with Gasteiger partial charge >= 0.3 is 39.5 Å². The van der Waals surface area contributed by atoms with Crippen molar-refractivity contribution in [2.75, 3.05) is 39.6 Å². The molecule has 0 radical (unpaired) electrons. The molecular formula is C83H162O17P2. The Kier molecular flexibility index (Phi) is 71.8. The molecule has 0 fully saturated rings. The lowest BCUT2D eigenvalue weighted by Crippen LogP contribution is -2.30. The molecule has 0 aliphatic rings. The number of aliphatic hydroxyl groups is 1. The monoisotopic (exact) mass is 1490 g/mol. The van der Waals surface area contributed by atoms with Crippen LogP contribution in [0.5, 0.6) is 0 Å². The van der Waals surface area contributed by atoms with Gasteiger partial charge in [-0.05, 0) is 43.4 Å². The lowest BCUT2D eigenvalue weighted by molar-refractivity contribution is -0.161. The van der Waals surface area contributed by atoms with Crippen molar-refractivity contribution in [2.24, 2.45) is 17.8 Å². The van der Waals surface area contributed by atoms with Crippen molar-refractivity contribution < 1.29 is 80.2 Å². The van der Waals surface area contributed by atoms with Gasteiger partial charge in [-0.25, -0.2) is 9.13 Å². The van der Waals surface area contributed by atoms with Crippen LogP contribution in [-0.4, -0.2) is 96.7 Å². The minimum Gasteiger partial charge on any atom is -0.462 e. The molecule has 0 amide bonds. The normalized spacial score (nSPS) is 13.9. The molecule has 19 heteroatoms. The summed E-state index contributed by atoms with van der Waals surface area (Å²) in [6, 6.07) is 0. The summed E-state index contributed by atoms with van der Waals surface area (Å²) in [6.07, 6.45) is 62.5. The second kappa shape index (κ2) is 73.2. The number of esters is 4. The van der Waals surface area contributed by atoms with Crippen LogP contribution in [0.3, 0.4) is 0 Å². The lowest BCUT2D eigenvalue weighted by Gasteiger charge is -2.21. The van der Waals surface area contributed by atoms with Gasteiger partial charge in [0.1, 0.15) is 19.3 Å². The van der Waals surface area contributed by atoms with Crippen LogP contribution in [0.15, 0.2) is 0 Å². The molecule has 3 N–H and O–H groups in total. The zero-order chi connectivity index (χ0) is 75.1. The Morgan fingerprint density at radius 1 is 0.265 bits per heavy atom. The molecule has 0 aromatic heterocycles. The van der Waals surface area contributed by atoms with Gasteiger partial charge in [-0.3, -0.25) is 37.3 Å². The van der Waals surface area contributed by atoms with E-state index >= 15 is 0 Å². The van der Waals surface area contributed by atoms with Gasteiger partial charge in [0.25, 0.3) is 0 Å². The van der Waals surface area contributed by atoms with Crippen LogP contribution in [0.25, 0.3) is 0 Å². The summed E-state index contributed by atoms with van der Waals surface area (Å²) in [5.41, 5.74) is 0. The first-order chi connectivity index (χ1) is 49.2. The van der Waals surface area contributed by atoms with Crippen molar-refractivity contribution >= 4 is 39.5 Å². The standard InChI is InChI=1S/C83H162O17P2/c1-8-9-10-11-12-13-14-15-16-17-18-19-20-25-31-36-45-52-59-66-82(87)99-78(70-93-80(85)64-57-50-43-35-30-26-21-23-28-33-40-47-54-61-74(2)3)72-97-101(89,90)95-68-77(84)69-96-102(91,92)98-73-79(71-94-81(86)65-58-51-44-39-38-42-49-56-63-76(6)7)100-83(88)67-60-53-46-37-32-27-22-24-29-34-41-48-55-62-75(4)5/h74-79,84H,8-73H2,1-7H3,(H,89,90)(H,91,92)/t77-,78-,79-/m1/s1. The van der Waals surface area contributed by atoms with Gasteiger partial charge in [0, 0.05) is 25.7 Å². The van der Waals surface area contributed by atoms with Gasteiger partial charge in [0.05, 0.1) is 26.4 Å². The summed E-state index contributed by atoms with van der Waals surface area (Å²) in [5, 5.41) is 10.7. The van der Waals surface area contributed by atoms with Crippen LogP contribution in [0.2, 0.25) is 0 Å². The molecule has 606 valence electrons. The Hall–Kier alpha value is -1.94. The van der Waals surface area contributed by atoms with Gasteiger partial charge < -0.3 is 33.8 Å². The topological polar surface area (TPSA) is 237 Å². The molecule has 0 bridgehead atoms. The smallest absolute Gasteiger partial charge is 0.462 e. The summed E-state index contributed by atoms with van der Waals surface area (Å²) >= 11 is 0. The SMILES string of the molecule is CCCCCCCCCCCCCCCCCCCCCC(=O)O[C@H](COC(=O)CCCCCCCCCCCCCCCC(C)C)COP(=O)(O)OC[C@@H](O)COP(=O)(O)OC[C@@H](COC(=O)CCCCCCCCCCC(C)C)OC(=O)CCCCCCCCCCCCCCCC(C)C. The van der Waals surface area contributed by atoms with Crippen LogP contribution in [0.4, 0.5) is 0 Å². The summed E-state index contributed by atoms with van der Waals surface area (Å²) in [4.78, 5) is 73.1. The fourth-order valence-electron chi connectivity index (χ4n) is 12.8. The molecular weight excluding hydrogens is 1330 g/mol. The summed E-state index contributed by atoms with van der Waals surface area (Å²) in [6.45, 7) is 12.0. The molecule has 0 rings (SSSR count). The van der Waals surface area contributed by atoms with Crippen molar-refractivity contribution in [1.82, 2.24) is 0 Å². The number of unbranched alkanes of at least 4 members (excludes halogenated alkanes) is 49. The van der Waals surface area contributed by atoms with Crippen molar-refractivity contribution in [3.8, 4) is 0 Å². The minimum atomic E-state index is -4.96. The minimum absolute atomic E-state index is 0.107. The number of rotatable bonds is 81. The van der Waals surface area contributed by atoms with Gasteiger partial charge in [-0.1, -0.05) is 382 Å². The summed E-state index contributed by atoms with van der Waals surface area (Å²) in [5.74, 6) is 0.196. The van der Waals surface area contributed by atoms with E-state index in [1.807, 2.05) is 0 Å². The van der Waals surface area contributed by atoms with Gasteiger partial charge in [-0.2, -0.15) is 0 Å². The molecule has 0 saturated carbocycles. The number of aliphatic hydroxyl groups excluding tert-OH is 1. The summed E-state index contributed by atoms with van der Waals surface area (Å²) in [7, 11) is -9.93. The maximum Gasteiger partial charge on any atom is 0.472 e. The van der Waals surface area contributed by atoms with Crippen LogP contribution >= 0.6 is 15.6 Å². The third-order valence-electron chi connectivity index (χ3n) is 19.4. The maximum atomic E-state index is 13.1. The fourth-order valence-corrected chi connectivity index (χ4v) is 14.4. The predicted molar refractivity (Wildman–Crippen MR) is 418 cm³/mol. The fraction of sp³-hybridized carbons (Fsp3) is 0.952. The third-order valence-corrected chi connectivity index (χ3v) is 21.3. The maximum absolute atomic E-state index is 13.1. The Labute approximate surface area is 626 Å². The van der Waals surface area contributed by atoms with E-state index in [2.05, 4.69) is 48.5 Å². The quantitative estimate of drug-likeness (QED) is 0.0222. The van der Waals surface area contributed by atoms with E-state index in [1.54, 1.807) is 0 Å². The number of ether oxygens (including phenoxy) is 4. The highest BCUT2D eigenvalue weighted by Crippen LogP contribution is 2.45. The number of hydrogen-bond acceptors (Lipinski definition) is 15. The first-order valence-electron chi connectivity index (χ1n) is 42.8. The van der Waals surface area contributed by atoms with Crippen LogP contribution in [0.1, 0.15) is 434 Å². The molecule has 0 heterocycles. The highest BCUT2D eigenvalue weighted by Gasteiger charge is 2.30. The van der Waals surface area contributed by atoms with Gasteiger partial charge in [0.2, 0.25) is 0 Å². The highest BCUT2D eigenvalue weighted by molar-refractivity contribution is 7.47. The molecule has 0 aromatic rings. The molecule has 5 atom stereocenters. The molecule has 2 unspecified atom stereocenters. The van der Waals surface area contributed by atoms with Crippen molar-refractivity contribution in [2.45, 2.75) is 452 Å². The number of carbonyl (C=O) groups excluding carboxylic acids is 4. The predicted octanol–water partition coefficient (Wildman–Crippen LogP) is 24.9. The zero-order valence-electron chi connectivity index (χ0n) is 67.1. The first-order valence-corrected chi connectivity index (χ1v) is 45.8. The average molecular weight is 1490 g/mol.